The van der Waals surface area contributed by atoms with Crippen LogP contribution in [0, 0.1) is 0 Å². The summed E-state index contributed by atoms with van der Waals surface area (Å²) in [5.74, 6) is 0.170. The van der Waals surface area contributed by atoms with Crippen molar-refractivity contribution < 1.29 is 9.59 Å². The Morgan fingerprint density at radius 3 is 2.80 bits per heavy atom. The normalized spacial score (nSPS) is 25.2. The second kappa shape index (κ2) is 3.05. The van der Waals surface area contributed by atoms with Crippen molar-refractivity contribution in [3.63, 3.8) is 0 Å². The third-order valence-corrected chi connectivity index (χ3v) is 2.52. The van der Waals surface area contributed by atoms with Crippen LogP contribution in [0.4, 0.5) is 4.79 Å². The molecule has 0 aromatic heterocycles. The van der Waals surface area contributed by atoms with Gasteiger partial charge in [-0.3, -0.25) is 9.59 Å². The van der Waals surface area contributed by atoms with Crippen molar-refractivity contribution in [3.05, 3.63) is 0 Å². The predicted octanol–water partition coefficient (Wildman–Crippen LogP) is 0.920. The maximum absolute atomic E-state index is 10.9. The van der Waals surface area contributed by atoms with E-state index in [1.165, 1.54) is 0 Å². The fourth-order valence-corrected chi connectivity index (χ4v) is 1.86. The third kappa shape index (κ3) is 1.73. The molecular weight excluding hydrogens is 150 g/mol. The maximum atomic E-state index is 10.9. The van der Waals surface area contributed by atoms with E-state index in [1.807, 2.05) is 0 Å². The zero-order valence-corrected chi connectivity index (χ0v) is 6.32. The van der Waals surface area contributed by atoms with Crippen LogP contribution in [-0.4, -0.2) is 16.3 Å². The lowest BCUT2D eigenvalue weighted by molar-refractivity contribution is -0.116. The van der Waals surface area contributed by atoms with Crippen molar-refractivity contribution >= 4 is 22.8 Å². The molecule has 0 spiro atoms. The van der Waals surface area contributed by atoms with Gasteiger partial charge < -0.3 is 5.73 Å². The van der Waals surface area contributed by atoms with E-state index in [9.17, 15) is 9.59 Å². The molecule has 0 aromatic carbocycles. The molecule has 1 rings (SSSR count). The first-order valence-electron chi connectivity index (χ1n) is 3.19. The lowest BCUT2D eigenvalue weighted by Crippen LogP contribution is -2.15. The highest BCUT2D eigenvalue weighted by molar-refractivity contribution is 8.14. The molecule has 1 fully saturated rings. The van der Waals surface area contributed by atoms with Gasteiger partial charge in [-0.2, -0.15) is 0 Å². The summed E-state index contributed by atoms with van der Waals surface area (Å²) in [6, 6.07) is 0. The highest BCUT2D eigenvalue weighted by Gasteiger charge is 2.26. The summed E-state index contributed by atoms with van der Waals surface area (Å²) in [6.07, 6.45) is 2.33. The zero-order valence-electron chi connectivity index (χ0n) is 5.50. The van der Waals surface area contributed by atoms with Gasteiger partial charge in [0.15, 0.2) is 0 Å². The number of ketones is 1. The van der Waals surface area contributed by atoms with Crippen LogP contribution in [-0.2, 0) is 4.79 Å². The smallest absolute Gasteiger partial charge is 0.277 e. The van der Waals surface area contributed by atoms with Gasteiger partial charge in [-0.15, -0.1) is 0 Å². The minimum absolute atomic E-state index is 0.141. The molecule has 56 valence electrons. The van der Waals surface area contributed by atoms with Crippen molar-refractivity contribution in [2.75, 3.05) is 0 Å². The standard InChI is InChI=1S/C6H9NO2S/c7-6(9)10-5-3-1-2-4(5)8/h5H,1-3H2,(H2,7,9). The molecule has 4 heteroatoms. The van der Waals surface area contributed by atoms with Gasteiger partial charge in [-0.1, -0.05) is 11.8 Å². The largest absolute Gasteiger partial charge is 0.360 e. The van der Waals surface area contributed by atoms with E-state index in [2.05, 4.69) is 0 Å². The van der Waals surface area contributed by atoms with E-state index in [0.29, 0.717) is 6.42 Å². The fourth-order valence-electron chi connectivity index (χ4n) is 1.05. The summed E-state index contributed by atoms with van der Waals surface area (Å²) in [5.41, 5.74) is 4.91. The van der Waals surface area contributed by atoms with Crippen LogP contribution in [0.3, 0.4) is 0 Å². The minimum atomic E-state index is -0.444. The van der Waals surface area contributed by atoms with Gasteiger partial charge in [-0.25, -0.2) is 0 Å². The molecule has 0 saturated heterocycles. The average molecular weight is 159 g/mol. The van der Waals surface area contributed by atoms with Crippen molar-refractivity contribution in [1.29, 1.82) is 0 Å². The lowest BCUT2D eigenvalue weighted by Gasteiger charge is -2.00. The first-order valence-corrected chi connectivity index (χ1v) is 4.07. The summed E-state index contributed by atoms with van der Waals surface area (Å²) in [7, 11) is 0. The Balaban J connectivity index is 2.40. The van der Waals surface area contributed by atoms with Crippen molar-refractivity contribution in [1.82, 2.24) is 0 Å². The molecule has 1 aliphatic carbocycles. The lowest BCUT2D eigenvalue weighted by atomic mass is 10.3. The molecule has 1 atom stereocenters. The Morgan fingerprint density at radius 1 is 1.70 bits per heavy atom. The van der Waals surface area contributed by atoms with Gasteiger partial charge in [0.2, 0.25) is 0 Å². The molecule has 0 radical (unpaired) electrons. The molecule has 10 heavy (non-hydrogen) atoms. The fraction of sp³-hybridized carbons (Fsp3) is 0.667. The van der Waals surface area contributed by atoms with Crippen LogP contribution in [0.25, 0.3) is 0 Å². The number of carbonyl (C=O) groups excluding carboxylic acids is 2. The highest BCUT2D eigenvalue weighted by Crippen LogP contribution is 2.25. The Bertz CT molecular complexity index is 169. The SMILES string of the molecule is NC(=O)SC1CCCC1=O. The van der Waals surface area contributed by atoms with Gasteiger partial charge in [0.25, 0.3) is 5.24 Å². The number of amides is 1. The van der Waals surface area contributed by atoms with E-state index < -0.39 is 5.24 Å². The van der Waals surface area contributed by atoms with Crippen molar-refractivity contribution in [2.45, 2.75) is 24.5 Å². The van der Waals surface area contributed by atoms with E-state index in [4.69, 9.17) is 5.73 Å². The van der Waals surface area contributed by atoms with E-state index in [0.717, 1.165) is 24.6 Å². The molecule has 3 nitrogen and oxygen atoms in total. The maximum Gasteiger partial charge on any atom is 0.277 e. The van der Waals surface area contributed by atoms with Gasteiger partial charge >= 0.3 is 0 Å². The Hall–Kier alpha value is -0.510. The van der Waals surface area contributed by atoms with Crippen LogP contribution < -0.4 is 5.73 Å². The van der Waals surface area contributed by atoms with Gasteiger partial charge in [0.1, 0.15) is 5.78 Å². The van der Waals surface area contributed by atoms with Crippen molar-refractivity contribution in [2.24, 2.45) is 5.73 Å². The van der Waals surface area contributed by atoms with Crippen LogP contribution >= 0.6 is 11.8 Å². The molecule has 1 amide bonds. The second-order valence-electron chi connectivity index (χ2n) is 2.28. The highest BCUT2D eigenvalue weighted by atomic mass is 32.2. The summed E-state index contributed by atoms with van der Waals surface area (Å²) in [6.45, 7) is 0. The summed E-state index contributed by atoms with van der Waals surface area (Å²) < 4.78 is 0. The second-order valence-corrected chi connectivity index (χ2v) is 3.49. The predicted molar refractivity (Wildman–Crippen MR) is 39.8 cm³/mol. The number of hydrogen-bond acceptors (Lipinski definition) is 3. The van der Waals surface area contributed by atoms with Gasteiger partial charge in [-0.05, 0) is 12.8 Å². The van der Waals surface area contributed by atoms with Crippen LogP contribution in [0.15, 0.2) is 0 Å². The Kier molecular flexibility index (Phi) is 2.32. The quantitative estimate of drug-likeness (QED) is 0.618. The molecule has 2 N–H and O–H groups in total. The van der Waals surface area contributed by atoms with E-state index in [-0.39, 0.29) is 11.0 Å². The number of hydrogen-bond donors (Lipinski definition) is 1. The van der Waals surface area contributed by atoms with Crippen LogP contribution in [0.2, 0.25) is 0 Å². The van der Waals surface area contributed by atoms with E-state index in [1.54, 1.807) is 0 Å². The Morgan fingerprint density at radius 2 is 2.40 bits per heavy atom. The first-order chi connectivity index (χ1) is 4.70. The van der Waals surface area contributed by atoms with Gasteiger partial charge in [0.05, 0.1) is 5.25 Å². The molecule has 1 saturated carbocycles. The molecule has 0 bridgehead atoms. The molecule has 1 aliphatic rings. The molecule has 0 aliphatic heterocycles. The molecule has 0 aromatic rings. The van der Waals surface area contributed by atoms with E-state index >= 15 is 0 Å². The molecular formula is C6H9NO2S. The van der Waals surface area contributed by atoms with Gasteiger partial charge in [0, 0.05) is 6.42 Å². The molecule has 1 unspecified atom stereocenters. The number of thioether (sulfide) groups is 1. The third-order valence-electron chi connectivity index (χ3n) is 1.51. The summed E-state index contributed by atoms with van der Waals surface area (Å²) >= 11 is 0.959. The van der Waals surface area contributed by atoms with Crippen molar-refractivity contribution in [3.8, 4) is 0 Å². The number of primary amides is 1. The Labute approximate surface area is 63.3 Å². The summed E-state index contributed by atoms with van der Waals surface area (Å²) in [4.78, 5) is 21.2. The zero-order chi connectivity index (χ0) is 7.56. The number of nitrogens with two attached hydrogens (primary N) is 1. The first kappa shape index (κ1) is 7.60. The molecule has 0 heterocycles. The average Bonchev–Trinajstić information content (AvgIpc) is 2.15. The monoisotopic (exact) mass is 159 g/mol. The topological polar surface area (TPSA) is 60.2 Å². The minimum Gasteiger partial charge on any atom is -0.360 e. The number of Topliss-reactive ketones (excluding diaryl/α,β-unsaturated/α-hetero) is 1. The summed E-state index contributed by atoms with van der Waals surface area (Å²) in [5, 5.41) is -0.585. The number of rotatable bonds is 1. The number of carbonyl (C=O) groups is 2. The van der Waals surface area contributed by atoms with Crippen LogP contribution in [0.5, 0.6) is 0 Å². The van der Waals surface area contributed by atoms with Crippen LogP contribution in [0.1, 0.15) is 19.3 Å².